The minimum Gasteiger partial charge on any atom is -0.368 e. The Kier molecular flexibility index (Phi) is 4.54. The first-order chi connectivity index (χ1) is 10.7. The standard InChI is InChI=1S/C19H21NO2/c1-14(20-19(21)18-8-5-13-22-18)15-9-11-17(12-10-15)16-6-3-2-4-7-16/h2-4,6-7,9-12,14,18H,5,8,13H2,1H3,(H,20,21)/t14-,18+/m1/s1. The maximum atomic E-state index is 12.1. The Morgan fingerprint density at radius 3 is 2.41 bits per heavy atom. The number of ether oxygens (including phenoxy) is 1. The Labute approximate surface area is 131 Å². The lowest BCUT2D eigenvalue weighted by Gasteiger charge is -2.17. The fourth-order valence-corrected chi connectivity index (χ4v) is 2.77. The minimum absolute atomic E-state index is 0.00265. The summed E-state index contributed by atoms with van der Waals surface area (Å²) in [6.45, 7) is 2.70. The van der Waals surface area contributed by atoms with Gasteiger partial charge in [0.05, 0.1) is 6.04 Å². The first-order valence-corrected chi connectivity index (χ1v) is 7.81. The van der Waals surface area contributed by atoms with Crippen molar-refractivity contribution in [3.05, 3.63) is 60.2 Å². The van der Waals surface area contributed by atoms with Crippen LogP contribution in [0.5, 0.6) is 0 Å². The number of benzene rings is 2. The van der Waals surface area contributed by atoms with Crippen molar-refractivity contribution >= 4 is 5.91 Å². The third kappa shape index (κ3) is 3.37. The quantitative estimate of drug-likeness (QED) is 0.933. The Hall–Kier alpha value is -2.13. The molecular formula is C19H21NO2. The smallest absolute Gasteiger partial charge is 0.249 e. The van der Waals surface area contributed by atoms with Gasteiger partial charge in [-0.25, -0.2) is 0 Å². The summed E-state index contributed by atoms with van der Waals surface area (Å²) in [5.74, 6) is -0.00265. The molecule has 0 unspecified atom stereocenters. The van der Waals surface area contributed by atoms with Crippen molar-refractivity contribution in [2.45, 2.75) is 31.9 Å². The summed E-state index contributed by atoms with van der Waals surface area (Å²) in [6.07, 6.45) is 1.52. The van der Waals surface area contributed by atoms with E-state index in [9.17, 15) is 4.79 Å². The zero-order valence-electron chi connectivity index (χ0n) is 12.8. The number of carbonyl (C=O) groups is 1. The van der Waals surface area contributed by atoms with Crippen molar-refractivity contribution in [1.29, 1.82) is 0 Å². The highest BCUT2D eigenvalue weighted by Crippen LogP contribution is 2.22. The Balaban J connectivity index is 1.66. The monoisotopic (exact) mass is 295 g/mol. The van der Waals surface area contributed by atoms with Gasteiger partial charge < -0.3 is 10.1 Å². The topological polar surface area (TPSA) is 38.3 Å². The predicted molar refractivity (Wildman–Crippen MR) is 87.4 cm³/mol. The normalized spacial score (nSPS) is 18.9. The molecule has 3 nitrogen and oxygen atoms in total. The van der Waals surface area contributed by atoms with E-state index in [1.54, 1.807) is 0 Å². The van der Waals surface area contributed by atoms with E-state index in [1.807, 2.05) is 25.1 Å². The summed E-state index contributed by atoms with van der Waals surface area (Å²) >= 11 is 0. The molecule has 1 saturated heterocycles. The summed E-state index contributed by atoms with van der Waals surface area (Å²) in [4.78, 5) is 12.1. The lowest BCUT2D eigenvalue weighted by Crippen LogP contribution is -2.35. The van der Waals surface area contributed by atoms with E-state index in [2.05, 4.69) is 41.7 Å². The van der Waals surface area contributed by atoms with Crippen molar-refractivity contribution in [3.63, 3.8) is 0 Å². The first kappa shape index (κ1) is 14.8. The van der Waals surface area contributed by atoms with Gasteiger partial charge in [0, 0.05) is 6.61 Å². The van der Waals surface area contributed by atoms with Gasteiger partial charge >= 0.3 is 0 Å². The van der Waals surface area contributed by atoms with E-state index in [1.165, 1.54) is 11.1 Å². The number of amides is 1. The van der Waals surface area contributed by atoms with Crippen LogP contribution in [-0.2, 0) is 9.53 Å². The van der Waals surface area contributed by atoms with E-state index < -0.39 is 0 Å². The molecule has 114 valence electrons. The molecule has 1 amide bonds. The molecule has 2 aromatic carbocycles. The molecule has 2 aromatic rings. The van der Waals surface area contributed by atoms with Crippen LogP contribution < -0.4 is 5.32 Å². The second-order valence-electron chi connectivity index (χ2n) is 5.72. The molecule has 0 aromatic heterocycles. The van der Waals surface area contributed by atoms with Crippen molar-refractivity contribution < 1.29 is 9.53 Å². The van der Waals surface area contributed by atoms with Crippen LogP contribution in [0.4, 0.5) is 0 Å². The fraction of sp³-hybridized carbons (Fsp3) is 0.316. The van der Waals surface area contributed by atoms with E-state index in [-0.39, 0.29) is 18.1 Å². The maximum Gasteiger partial charge on any atom is 0.249 e. The van der Waals surface area contributed by atoms with Crippen LogP contribution in [-0.4, -0.2) is 18.6 Å². The highest BCUT2D eigenvalue weighted by molar-refractivity contribution is 5.81. The van der Waals surface area contributed by atoms with E-state index in [0.717, 1.165) is 18.4 Å². The van der Waals surface area contributed by atoms with E-state index in [0.29, 0.717) is 6.61 Å². The second kappa shape index (κ2) is 6.75. The lowest BCUT2D eigenvalue weighted by molar-refractivity contribution is -0.130. The minimum atomic E-state index is -0.272. The summed E-state index contributed by atoms with van der Waals surface area (Å²) < 4.78 is 5.42. The molecule has 0 spiro atoms. The van der Waals surface area contributed by atoms with Crippen LogP contribution in [0.1, 0.15) is 31.4 Å². The summed E-state index contributed by atoms with van der Waals surface area (Å²) in [5, 5.41) is 3.03. The van der Waals surface area contributed by atoms with E-state index in [4.69, 9.17) is 4.74 Å². The highest BCUT2D eigenvalue weighted by Gasteiger charge is 2.24. The molecule has 0 radical (unpaired) electrons. The second-order valence-corrected chi connectivity index (χ2v) is 5.72. The van der Waals surface area contributed by atoms with Crippen LogP contribution >= 0.6 is 0 Å². The van der Waals surface area contributed by atoms with Crippen molar-refractivity contribution in [1.82, 2.24) is 5.32 Å². The Morgan fingerprint density at radius 2 is 1.77 bits per heavy atom. The zero-order valence-corrected chi connectivity index (χ0v) is 12.8. The van der Waals surface area contributed by atoms with Gasteiger partial charge in [-0.2, -0.15) is 0 Å². The molecule has 0 aliphatic carbocycles. The van der Waals surface area contributed by atoms with Gasteiger partial charge in [0.2, 0.25) is 5.91 Å². The molecule has 3 heteroatoms. The fourth-order valence-electron chi connectivity index (χ4n) is 2.77. The largest absolute Gasteiger partial charge is 0.368 e. The number of nitrogens with one attached hydrogen (secondary N) is 1. The Morgan fingerprint density at radius 1 is 1.09 bits per heavy atom. The van der Waals surface area contributed by atoms with Gasteiger partial charge in [0.25, 0.3) is 0 Å². The molecule has 22 heavy (non-hydrogen) atoms. The molecular weight excluding hydrogens is 274 g/mol. The summed E-state index contributed by atoms with van der Waals surface area (Å²) in [5.41, 5.74) is 3.48. The maximum absolute atomic E-state index is 12.1. The third-order valence-corrected chi connectivity index (χ3v) is 4.10. The predicted octanol–water partition coefficient (Wildman–Crippen LogP) is 3.71. The van der Waals surface area contributed by atoms with Gasteiger partial charge in [-0.15, -0.1) is 0 Å². The van der Waals surface area contributed by atoms with Gasteiger partial charge in [-0.05, 0) is 36.5 Å². The van der Waals surface area contributed by atoms with Crippen molar-refractivity contribution in [3.8, 4) is 11.1 Å². The molecule has 1 aliphatic heterocycles. The van der Waals surface area contributed by atoms with Gasteiger partial charge in [-0.1, -0.05) is 54.6 Å². The molecule has 2 atom stereocenters. The van der Waals surface area contributed by atoms with Crippen molar-refractivity contribution in [2.75, 3.05) is 6.61 Å². The number of hydrogen-bond acceptors (Lipinski definition) is 2. The van der Waals surface area contributed by atoms with Gasteiger partial charge in [0.15, 0.2) is 0 Å². The SMILES string of the molecule is C[C@@H](NC(=O)[C@@H]1CCCO1)c1ccc(-c2ccccc2)cc1. The molecule has 1 fully saturated rings. The molecule has 1 heterocycles. The van der Waals surface area contributed by atoms with Crippen molar-refractivity contribution in [2.24, 2.45) is 0 Å². The van der Waals surface area contributed by atoms with Gasteiger partial charge in [-0.3, -0.25) is 4.79 Å². The molecule has 3 rings (SSSR count). The zero-order chi connectivity index (χ0) is 15.4. The molecule has 1 N–H and O–H groups in total. The van der Waals surface area contributed by atoms with Crippen LogP contribution in [0.2, 0.25) is 0 Å². The Bertz CT molecular complexity index is 616. The average molecular weight is 295 g/mol. The number of rotatable bonds is 4. The lowest BCUT2D eigenvalue weighted by atomic mass is 10.0. The van der Waals surface area contributed by atoms with E-state index >= 15 is 0 Å². The summed E-state index contributed by atoms with van der Waals surface area (Å²) in [6, 6.07) is 18.6. The highest BCUT2D eigenvalue weighted by atomic mass is 16.5. The molecule has 0 bridgehead atoms. The van der Waals surface area contributed by atoms with Crippen LogP contribution in [0.25, 0.3) is 11.1 Å². The average Bonchev–Trinajstić information content (AvgIpc) is 3.10. The van der Waals surface area contributed by atoms with Crippen LogP contribution in [0.15, 0.2) is 54.6 Å². The molecule has 1 aliphatic rings. The van der Waals surface area contributed by atoms with Gasteiger partial charge in [0.1, 0.15) is 6.10 Å². The van der Waals surface area contributed by atoms with Crippen LogP contribution in [0.3, 0.4) is 0 Å². The third-order valence-electron chi connectivity index (χ3n) is 4.10. The van der Waals surface area contributed by atoms with Crippen LogP contribution in [0, 0.1) is 0 Å². The number of carbonyl (C=O) groups excluding carboxylic acids is 1. The first-order valence-electron chi connectivity index (χ1n) is 7.81. The molecule has 0 saturated carbocycles. The summed E-state index contributed by atoms with van der Waals surface area (Å²) in [7, 11) is 0. The number of hydrogen-bond donors (Lipinski definition) is 1.